The summed E-state index contributed by atoms with van der Waals surface area (Å²) in [7, 11) is 0. The van der Waals surface area contributed by atoms with Crippen LogP contribution in [0.5, 0.6) is 0 Å². The number of rotatable bonds is 6. The standard InChI is InChI=1S/C16H18F3N3O/c1-2-4-13-10-14(22-21-13)15(23)20-8-7-11-5-3-6-12(9-11)16(17,18)19/h3,5-6,9-10H,2,4,7-8H2,1H3,(H,20,23)(H,21,22). The lowest BCUT2D eigenvalue weighted by Gasteiger charge is -2.09. The fraction of sp³-hybridized carbons (Fsp3) is 0.375. The summed E-state index contributed by atoms with van der Waals surface area (Å²) in [5, 5.41) is 9.36. The topological polar surface area (TPSA) is 57.8 Å². The number of aromatic amines is 1. The monoisotopic (exact) mass is 325 g/mol. The summed E-state index contributed by atoms with van der Waals surface area (Å²) in [5.41, 5.74) is 1.01. The van der Waals surface area contributed by atoms with Crippen molar-refractivity contribution >= 4 is 5.91 Å². The van der Waals surface area contributed by atoms with E-state index in [1.54, 1.807) is 12.1 Å². The first kappa shape index (κ1) is 17.1. The second-order valence-corrected chi connectivity index (χ2v) is 5.23. The van der Waals surface area contributed by atoms with Crippen molar-refractivity contribution in [2.75, 3.05) is 6.54 Å². The largest absolute Gasteiger partial charge is 0.416 e. The highest BCUT2D eigenvalue weighted by Gasteiger charge is 2.30. The zero-order valence-corrected chi connectivity index (χ0v) is 12.7. The van der Waals surface area contributed by atoms with Gasteiger partial charge in [0, 0.05) is 12.2 Å². The van der Waals surface area contributed by atoms with Gasteiger partial charge in [0.1, 0.15) is 5.69 Å². The highest BCUT2D eigenvalue weighted by Crippen LogP contribution is 2.29. The molecule has 0 aliphatic rings. The van der Waals surface area contributed by atoms with Crippen LogP contribution in [0.4, 0.5) is 13.2 Å². The Morgan fingerprint density at radius 1 is 1.26 bits per heavy atom. The molecule has 23 heavy (non-hydrogen) atoms. The van der Waals surface area contributed by atoms with Gasteiger partial charge in [-0.05, 0) is 30.5 Å². The number of hydrogen-bond acceptors (Lipinski definition) is 2. The highest BCUT2D eigenvalue weighted by molar-refractivity contribution is 5.92. The lowest BCUT2D eigenvalue weighted by atomic mass is 10.1. The third-order valence-electron chi connectivity index (χ3n) is 3.34. The molecule has 0 aliphatic carbocycles. The predicted molar refractivity (Wildman–Crippen MR) is 80.1 cm³/mol. The van der Waals surface area contributed by atoms with Crippen LogP contribution in [-0.2, 0) is 19.0 Å². The second kappa shape index (κ2) is 7.30. The van der Waals surface area contributed by atoms with E-state index in [-0.39, 0.29) is 18.1 Å². The summed E-state index contributed by atoms with van der Waals surface area (Å²) >= 11 is 0. The highest BCUT2D eigenvalue weighted by atomic mass is 19.4. The smallest absolute Gasteiger partial charge is 0.350 e. The first-order chi connectivity index (χ1) is 10.9. The van der Waals surface area contributed by atoms with E-state index in [0.717, 1.165) is 30.7 Å². The van der Waals surface area contributed by atoms with Gasteiger partial charge in [0.05, 0.1) is 5.56 Å². The van der Waals surface area contributed by atoms with E-state index >= 15 is 0 Å². The number of alkyl halides is 3. The number of nitrogens with zero attached hydrogens (tertiary/aromatic N) is 1. The number of H-pyrrole nitrogens is 1. The van der Waals surface area contributed by atoms with E-state index < -0.39 is 11.7 Å². The Morgan fingerprint density at radius 2 is 2.04 bits per heavy atom. The number of halogens is 3. The van der Waals surface area contributed by atoms with Crippen LogP contribution in [0.15, 0.2) is 30.3 Å². The Hall–Kier alpha value is -2.31. The van der Waals surface area contributed by atoms with Crippen molar-refractivity contribution < 1.29 is 18.0 Å². The van der Waals surface area contributed by atoms with Crippen LogP contribution in [0, 0.1) is 0 Å². The third-order valence-corrected chi connectivity index (χ3v) is 3.34. The maximum Gasteiger partial charge on any atom is 0.416 e. The normalized spacial score (nSPS) is 11.5. The summed E-state index contributed by atoms with van der Waals surface area (Å²) in [6, 6.07) is 6.78. The quantitative estimate of drug-likeness (QED) is 0.856. The van der Waals surface area contributed by atoms with E-state index in [1.165, 1.54) is 6.07 Å². The summed E-state index contributed by atoms with van der Waals surface area (Å²) in [6.07, 6.45) is -2.28. The summed E-state index contributed by atoms with van der Waals surface area (Å²) in [6.45, 7) is 2.27. The number of benzene rings is 1. The molecule has 2 rings (SSSR count). The van der Waals surface area contributed by atoms with Gasteiger partial charge in [0.2, 0.25) is 0 Å². The molecule has 0 saturated heterocycles. The van der Waals surface area contributed by atoms with Gasteiger partial charge < -0.3 is 5.32 Å². The maximum atomic E-state index is 12.6. The van der Waals surface area contributed by atoms with E-state index in [2.05, 4.69) is 15.5 Å². The lowest BCUT2D eigenvalue weighted by molar-refractivity contribution is -0.137. The summed E-state index contributed by atoms with van der Waals surface area (Å²) in [4.78, 5) is 11.9. The van der Waals surface area contributed by atoms with Crippen molar-refractivity contribution in [3.8, 4) is 0 Å². The molecule has 4 nitrogen and oxygen atoms in total. The van der Waals surface area contributed by atoms with Crippen molar-refractivity contribution in [1.82, 2.24) is 15.5 Å². The average Bonchev–Trinajstić information content (AvgIpc) is 2.96. The van der Waals surface area contributed by atoms with Gasteiger partial charge >= 0.3 is 6.18 Å². The first-order valence-corrected chi connectivity index (χ1v) is 7.38. The zero-order valence-electron chi connectivity index (χ0n) is 12.7. The van der Waals surface area contributed by atoms with Gasteiger partial charge in [0.25, 0.3) is 5.91 Å². The Morgan fingerprint density at radius 3 is 2.74 bits per heavy atom. The SMILES string of the molecule is CCCc1cc(C(=O)NCCc2cccc(C(F)(F)F)c2)n[nH]1. The molecule has 1 amide bonds. The van der Waals surface area contributed by atoms with Gasteiger partial charge in [-0.1, -0.05) is 31.5 Å². The Kier molecular flexibility index (Phi) is 5.41. The molecule has 124 valence electrons. The van der Waals surface area contributed by atoms with Gasteiger partial charge in [-0.25, -0.2) is 0 Å². The Balaban J connectivity index is 1.88. The van der Waals surface area contributed by atoms with E-state index in [0.29, 0.717) is 12.0 Å². The fourth-order valence-corrected chi connectivity index (χ4v) is 2.19. The minimum Gasteiger partial charge on any atom is -0.350 e. The van der Waals surface area contributed by atoms with Crippen LogP contribution >= 0.6 is 0 Å². The zero-order chi connectivity index (χ0) is 16.9. The molecular formula is C16H18F3N3O. The molecule has 0 bridgehead atoms. The van der Waals surface area contributed by atoms with Crippen molar-refractivity contribution in [3.63, 3.8) is 0 Å². The molecule has 0 unspecified atom stereocenters. The molecule has 0 saturated carbocycles. The number of aryl methyl sites for hydroxylation is 1. The molecule has 2 aromatic rings. The number of carbonyl (C=O) groups excluding carboxylic acids is 1. The molecule has 1 aromatic carbocycles. The minimum atomic E-state index is -4.36. The van der Waals surface area contributed by atoms with Gasteiger partial charge in [-0.3, -0.25) is 9.89 Å². The second-order valence-electron chi connectivity index (χ2n) is 5.23. The molecule has 2 N–H and O–H groups in total. The number of amides is 1. The Labute approximate surface area is 132 Å². The van der Waals surface area contributed by atoms with E-state index in [1.807, 2.05) is 6.92 Å². The number of carbonyl (C=O) groups is 1. The Bertz CT molecular complexity index is 665. The van der Waals surface area contributed by atoms with Crippen LogP contribution in [-0.4, -0.2) is 22.6 Å². The van der Waals surface area contributed by atoms with Gasteiger partial charge in [-0.15, -0.1) is 0 Å². The van der Waals surface area contributed by atoms with Crippen molar-refractivity contribution in [1.29, 1.82) is 0 Å². The molecular weight excluding hydrogens is 307 g/mol. The lowest BCUT2D eigenvalue weighted by Crippen LogP contribution is -2.26. The van der Waals surface area contributed by atoms with Gasteiger partial charge in [-0.2, -0.15) is 18.3 Å². The van der Waals surface area contributed by atoms with Crippen molar-refractivity contribution in [2.45, 2.75) is 32.4 Å². The van der Waals surface area contributed by atoms with Crippen LogP contribution in [0.1, 0.15) is 40.7 Å². The number of hydrogen-bond donors (Lipinski definition) is 2. The van der Waals surface area contributed by atoms with Crippen molar-refractivity contribution in [2.24, 2.45) is 0 Å². The van der Waals surface area contributed by atoms with Crippen molar-refractivity contribution in [3.05, 3.63) is 52.8 Å². The summed E-state index contributed by atoms with van der Waals surface area (Å²) < 4.78 is 37.9. The van der Waals surface area contributed by atoms with Crippen LogP contribution in [0.2, 0.25) is 0 Å². The fourth-order valence-electron chi connectivity index (χ4n) is 2.19. The molecule has 0 fully saturated rings. The third kappa shape index (κ3) is 4.84. The predicted octanol–water partition coefficient (Wildman–Crippen LogP) is 3.35. The minimum absolute atomic E-state index is 0.246. The van der Waals surface area contributed by atoms with Crippen LogP contribution in [0.25, 0.3) is 0 Å². The van der Waals surface area contributed by atoms with Gasteiger partial charge in [0.15, 0.2) is 0 Å². The molecule has 0 aliphatic heterocycles. The molecule has 7 heteroatoms. The molecule has 0 atom stereocenters. The van der Waals surface area contributed by atoms with E-state index in [9.17, 15) is 18.0 Å². The molecule has 0 radical (unpaired) electrons. The van der Waals surface area contributed by atoms with E-state index in [4.69, 9.17) is 0 Å². The average molecular weight is 325 g/mol. The first-order valence-electron chi connectivity index (χ1n) is 7.38. The molecule has 0 spiro atoms. The number of nitrogens with one attached hydrogen (secondary N) is 2. The maximum absolute atomic E-state index is 12.6. The number of aromatic nitrogens is 2. The molecule has 1 aromatic heterocycles. The molecule has 1 heterocycles. The van der Waals surface area contributed by atoms with Crippen LogP contribution in [0.3, 0.4) is 0 Å². The van der Waals surface area contributed by atoms with Crippen LogP contribution < -0.4 is 5.32 Å². The summed E-state index contributed by atoms with van der Waals surface area (Å²) in [5.74, 6) is -0.337.